The molecule has 0 atom stereocenters. The maximum Gasteiger partial charge on any atom is 0.319 e. The van der Waals surface area contributed by atoms with Gasteiger partial charge in [-0.15, -0.1) is 0 Å². The first-order valence-corrected chi connectivity index (χ1v) is 10.2. The van der Waals surface area contributed by atoms with Gasteiger partial charge in [-0.2, -0.15) is 14.8 Å². The van der Waals surface area contributed by atoms with E-state index in [1.54, 1.807) is 10.9 Å². The average Bonchev–Trinajstić information content (AvgIpc) is 3.10. The monoisotopic (exact) mass is 417 g/mol. The summed E-state index contributed by atoms with van der Waals surface area (Å²) in [4.78, 5) is 12.3. The van der Waals surface area contributed by atoms with Crippen molar-refractivity contribution in [2.45, 2.75) is 58.2 Å². The molecule has 2 aromatic rings. The fourth-order valence-corrected chi connectivity index (χ4v) is 3.51. The van der Waals surface area contributed by atoms with Crippen LogP contribution in [0.1, 0.15) is 45.2 Å². The van der Waals surface area contributed by atoms with E-state index < -0.39 is 5.66 Å². The Kier molecular flexibility index (Phi) is 6.60. The Hall–Kier alpha value is -2.37. The summed E-state index contributed by atoms with van der Waals surface area (Å²) in [6, 6.07) is 0.613. The summed E-state index contributed by atoms with van der Waals surface area (Å²) < 4.78 is 7.56. The van der Waals surface area contributed by atoms with Crippen LogP contribution in [0.15, 0.2) is 12.4 Å². The molecule has 3 rings (SSSR count). The average molecular weight is 418 g/mol. The summed E-state index contributed by atoms with van der Waals surface area (Å²) in [5.41, 5.74) is 0.732. The fraction of sp³-hybridized carbons (Fsp3) is 0.600. The molecule has 0 saturated heterocycles. The summed E-state index contributed by atoms with van der Waals surface area (Å²) in [5, 5.41) is 11.3. The van der Waals surface area contributed by atoms with Gasteiger partial charge in [-0.25, -0.2) is 11.6 Å². The van der Waals surface area contributed by atoms with Crippen molar-refractivity contribution in [1.29, 1.82) is 0 Å². The van der Waals surface area contributed by atoms with Gasteiger partial charge in [-0.3, -0.25) is 4.85 Å². The van der Waals surface area contributed by atoms with E-state index in [9.17, 15) is 0 Å². The van der Waals surface area contributed by atoms with Crippen molar-refractivity contribution in [1.82, 2.24) is 25.1 Å². The quantitative estimate of drug-likeness (QED) is 0.658. The molecule has 156 valence electrons. The summed E-state index contributed by atoms with van der Waals surface area (Å²) in [6.07, 6.45) is 7.92. The molecule has 8 nitrogen and oxygen atoms in total. The molecule has 1 saturated carbocycles. The van der Waals surface area contributed by atoms with E-state index in [1.807, 2.05) is 27.8 Å². The minimum atomic E-state index is -0.758. The number of nitrogens with zero attached hydrogens (tertiary/aromatic N) is 5. The van der Waals surface area contributed by atoms with Gasteiger partial charge in [-0.1, -0.05) is 11.6 Å². The summed E-state index contributed by atoms with van der Waals surface area (Å²) in [7, 11) is 2.02. The van der Waals surface area contributed by atoms with Crippen molar-refractivity contribution in [3.63, 3.8) is 0 Å². The molecule has 0 spiro atoms. The SMILES string of the molecule is [C-]#[N+]C(C)(C)n1cc(Nc2ncc(Cl)c(OCC3CCC(NC)CC3)n2)c(C)n1. The number of halogens is 1. The molecule has 0 aromatic carbocycles. The molecule has 2 heterocycles. The van der Waals surface area contributed by atoms with Gasteiger partial charge in [0.1, 0.15) is 5.02 Å². The molecule has 2 aromatic heterocycles. The molecule has 0 bridgehead atoms. The van der Waals surface area contributed by atoms with Gasteiger partial charge in [0.25, 0.3) is 0 Å². The zero-order valence-electron chi connectivity index (χ0n) is 17.4. The molecule has 29 heavy (non-hydrogen) atoms. The maximum atomic E-state index is 7.33. The summed E-state index contributed by atoms with van der Waals surface area (Å²) >= 11 is 6.24. The predicted molar refractivity (Wildman–Crippen MR) is 114 cm³/mol. The number of rotatable bonds is 7. The topological polar surface area (TPSA) is 81.2 Å². The third kappa shape index (κ3) is 5.17. The van der Waals surface area contributed by atoms with Crippen LogP contribution in [-0.2, 0) is 5.66 Å². The molecule has 0 amide bonds. The molecule has 1 aliphatic rings. The molecular formula is C20H28ClN7O. The largest absolute Gasteiger partial charge is 0.476 e. The first-order valence-electron chi connectivity index (χ1n) is 9.87. The van der Waals surface area contributed by atoms with Crippen LogP contribution in [0.5, 0.6) is 5.88 Å². The smallest absolute Gasteiger partial charge is 0.319 e. The highest BCUT2D eigenvalue weighted by Gasteiger charge is 2.27. The highest BCUT2D eigenvalue weighted by Crippen LogP contribution is 2.29. The van der Waals surface area contributed by atoms with Crippen LogP contribution in [0.4, 0.5) is 11.6 Å². The fourth-order valence-electron chi connectivity index (χ4n) is 3.36. The molecule has 0 unspecified atom stereocenters. The van der Waals surface area contributed by atoms with Crippen molar-refractivity contribution < 1.29 is 4.74 Å². The molecule has 1 fully saturated rings. The van der Waals surface area contributed by atoms with Crippen molar-refractivity contribution in [3.05, 3.63) is 34.5 Å². The third-order valence-corrected chi connectivity index (χ3v) is 5.66. The van der Waals surface area contributed by atoms with E-state index >= 15 is 0 Å². The highest BCUT2D eigenvalue weighted by molar-refractivity contribution is 6.31. The van der Waals surface area contributed by atoms with E-state index in [1.165, 1.54) is 19.0 Å². The second kappa shape index (κ2) is 8.97. The summed E-state index contributed by atoms with van der Waals surface area (Å²) in [6.45, 7) is 13.4. The number of anilines is 2. The van der Waals surface area contributed by atoms with Crippen LogP contribution in [0.25, 0.3) is 4.85 Å². The van der Waals surface area contributed by atoms with Gasteiger partial charge >= 0.3 is 5.66 Å². The van der Waals surface area contributed by atoms with E-state index in [0.29, 0.717) is 35.4 Å². The van der Waals surface area contributed by atoms with Crippen LogP contribution in [0.3, 0.4) is 0 Å². The molecule has 1 aliphatic carbocycles. The lowest BCUT2D eigenvalue weighted by atomic mass is 9.87. The number of aryl methyl sites for hydroxylation is 1. The molecule has 2 N–H and O–H groups in total. The van der Waals surface area contributed by atoms with E-state index in [-0.39, 0.29) is 0 Å². The van der Waals surface area contributed by atoms with Crippen molar-refractivity contribution in [2.24, 2.45) is 5.92 Å². The Labute approximate surface area is 176 Å². The highest BCUT2D eigenvalue weighted by atomic mass is 35.5. The van der Waals surface area contributed by atoms with Gasteiger partial charge in [0.05, 0.1) is 30.4 Å². The Balaban J connectivity index is 1.66. The normalized spacial score (nSPS) is 19.6. The van der Waals surface area contributed by atoms with Gasteiger partial charge in [-0.05, 0) is 45.6 Å². The molecule has 9 heteroatoms. The zero-order chi connectivity index (χ0) is 21.0. The number of hydrogen-bond donors (Lipinski definition) is 2. The van der Waals surface area contributed by atoms with Crippen molar-refractivity contribution in [3.8, 4) is 5.88 Å². The van der Waals surface area contributed by atoms with Gasteiger partial charge in [0, 0.05) is 19.9 Å². The van der Waals surface area contributed by atoms with Gasteiger partial charge < -0.3 is 15.4 Å². The van der Waals surface area contributed by atoms with Crippen LogP contribution >= 0.6 is 11.6 Å². The van der Waals surface area contributed by atoms with Crippen LogP contribution < -0.4 is 15.4 Å². The number of aromatic nitrogens is 4. The number of hydrogen-bond acceptors (Lipinski definition) is 6. The van der Waals surface area contributed by atoms with Gasteiger partial charge in [0.2, 0.25) is 11.8 Å². The van der Waals surface area contributed by atoms with E-state index in [4.69, 9.17) is 22.9 Å². The van der Waals surface area contributed by atoms with E-state index in [2.05, 4.69) is 30.5 Å². The zero-order valence-corrected chi connectivity index (χ0v) is 18.1. The molecular weight excluding hydrogens is 390 g/mol. The lowest BCUT2D eigenvalue weighted by Crippen LogP contribution is -2.31. The van der Waals surface area contributed by atoms with Gasteiger partial charge in [0.15, 0.2) is 0 Å². The first-order chi connectivity index (χ1) is 13.8. The molecule has 0 aliphatic heterocycles. The van der Waals surface area contributed by atoms with Crippen LogP contribution in [0, 0.1) is 19.4 Å². The molecule has 0 radical (unpaired) electrons. The summed E-state index contributed by atoms with van der Waals surface area (Å²) in [5.74, 6) is 1.27. The second-order valence-corrected chi connectivity index (χ2v) is 8.38. The van der Waals surface area contributed by atoms with Crippen molar-refractivity contribution >= 4 is 23.2 Å². The third-order valence-electron chi connectivity index (χ3n) is 5.40. The predicted octanol–water partition coefficient (Wildman–Crippen LogP) is 4.15. The maximum absolute atomic E-state index is 7.33. The number of ether oxygens (including phenoxy) is 1. The number of nitrogens with one attached hydrogen (secondary N) is 2. The Bertz CT molecular complexity index is 881. The lowest BCUT2D eigenvalue weighted by molar-refractivity contribution is 0.189. The minimum Gasteiger partial charge on any atom is -0.476 e. The lowest BCUT2D eigenvalue weighted by Gasteiger charge is -2.28. The van der Waals surface area contributed by atoms with Crippen LogP contribution in [0.2, 0.25) is 5.02 Å². The Morgan fingerprint density at radius 3 is 2.72 bits per heavy atom. The van der Waals surface area contributed by atoms with E-state index in [0.717, 1.165) is 24.2 Å². The standard InChI is InChI=1S/C20H28ClN7O/c1-13-17(11-28(27-13)20(2,3)23-5)25-19-24-10-16(21)18(26-19)29-12-14-6-8-15(22-4)9-7-14/h10-11,14-15,22H,6-9,12H2,1-4H3,(H,24,25,26). The Morgan fingerprint density at radius 1 is 1.34 bits per heavy atom. The second-order valence-electron chi connectivity index (χ2n) is 7.97. The van der Waals surface area contributed by atoms with Crippen molar-refractivity contribution in [2.75, 3.05) is 19.0 Å². The van der Waals surface area contributed by atoms with Crippen LogP contribution in [-0.4, -0.2) is 39.4 Å². The first kappa shape index (κ1) is 21.3. The minimum absolute atomic E-state index is 0.381. The Morgan fingerprint density at radius 2 is 2.07 bits per heavy atom.